The van der Waals surface area contributed by atoms with Crippen molar-refractivity contribution in [2.75, 3.05) is 5.32 Å². The quantitative estimate of drug-likeness (QED) is 0.582. The second-order valence-corrected chi connectivity index (χ2v) is 6.94. The second kappa shape index (κ2) is 5.87. The predicted octanol–water partition coefficient (Wildman–Crippen LogP) is 3.18. The summed E-state index contributed by atoms with van der Waals surface area (Å²) in [4.78, 5) is 22.5. The number of hydrogen-bond donors (Lipinski definition) is 3. The molecule has 2 fully saturated rings. The molecule has 2 aliphatic carbocycles. The molecule has 3 atom stereocenters. The summed E-state index contributed by atoms with van der Waals surface area (Å²) in [5.74, 6) is 1.48. The number of nitrogens with one attached hydrogen (secondary N) is 2. The number of non-ortho nitro benzene ring substituents is 1. The fourth-order valence-corrected chi connectivity index (χ4v) is 4.24. The van der Waals surface area contributed by atoms with Crippen LogP contribution in [0.5, 0.6) is 5.75 Å². The molecule has 1 aromatic heterocycles. The Morgan fingerprint density at radius 2 is 2.12 bits per heavy atom. The van der Waals surface area contributed by atoms with Gasteiger partial charge >= 0.3 is 0 Å². The Morgan fingerprint density at radius 3 is 2.80 bits per heavy atom. The fraction of sp³-hybridized carbons (Fsp3) is 0.412. The average molecular weight is 342 g/mol. The predicted molar refractivity (Wildman–Crippen MR) is 89.5 cm³/mol. The maximum atomic E-state index is 12.3. The van der Waals surface area contributed by atoms with E-state index in [-0.39, 0.29) is 17.0 Å². The number of nitrogens with zero attached hydrogens (tertiary/aromatic N) is 2. The molecule has 2 aromatic rings. The van der Waals surface area contributed by atoms with Crippen LogP contribution in [-0.4, -0.2) is 26.1 Å². The number of anilines is 1. The lowest BCUT2D eigenvalue weighted by Gasteiger charge is -2.19. The first-order valence-electron chi connectivity index (χ1n) is 8.34. The lowest BCUT2D eigenvalue weighted by Crippen LogP contribution is -2.12. The molecule has 3 N–H and O–H groups in total. The number of rotatable bonds is 4. The van der Waals surface area contributed by atoms with E-state index in [2.05, 4.69) is 15.5 Å². The molecule has 3 unspecified atom stereocenters. The van der Waals surface area contributed by atoms with Crippen LogP contribution in [0.2, 0.25) is 0 Å². The van der Waals surface area contributed by atoms with Crippen molar-refractivity contribution in [3.8, 4) is 5.75 Å². The zero-order chi connectivity index (χ0) is 17.6. The lowest BCUT2D eigenvalue weighted by atomic mass is 9.86. The van der Waals surface area contributed by atoms with Crippen LogP contribution >= 0.6 is 0 Å². The van der Waals surface area contributed by atoms with Crippen LogP contribution in [-0.2, 0) is 0 Å². The molecule has 2 saturated carbocycles. The number of amides is 1. The molecule has 1 aromatic carbocycles. The highest BCUT2D eigenvalue weighted by Gasteiger charge is 2.40. The van der Waals surface area contributed by atoms with Gasteiger partial charge in [-0.3, -0.25) is 20.0 Å². The average Bonchev–Trinajstić information content (AvgIpc) is 3.30. The van der Waals surface area contributed by atoms with Crippen molar-refractivity contribution in [3.05, 3.63) is 45.6 Å². The van der Waals surface area contributed by atoms with Gasteiger partial charge in [0.1, 0.15) is 5.75 Å². The zero-order valence-corrected chi connectivity index (χ0v) is 13.4. The van der Waals surface area contributed by atoms with Gasteiger partial charge in [0.25, 0.3) is 11.6 Å². The van der Waals surface area contributed by atoms with E-state index in [1.807, 2.05) is 6.07 Å². The highest BCUT2D eigenvalue weighted by Crippen LogP contribution is 2.52. The third-order valence-electron chi connectivity index (χ3n) is 5.35. The summed E-state index contributed by atoms with van der Waals surface area (Å²) in [5.41, 5.74) is 0.704. The Morgan fingerprint density at radius 1 is 1.28 bits per heavy atom. The molecule has 0 saturated heterocycles. The number of carbonyl (C=O) groups is 1. The number of fused-ring (bicyclic) bond motifs is 2. The first-order chi connectivity index (χ1) is 12.0. The van der Waals surface area contributed by atoms with E-state index in [9.17, 15) is 20.0 Å². The number of aromatic hydroxyl groups is 1. The van der Waals surface area contributed by atoms with Crippen LogP contribution < -0.4 is 5.32 Å². The number of hydrogen-bond acceptors (Lipinski definition) is 5. The molecule has 0 spiro atoms. The number of aromatic nitrogens is 2. The Kier molecular flexibility index (Phi) is 3.67. The fourth-order valence-electron chi connectivity index (χ4n) is 4.24. The standard InChI is InChI=1S/C17H18N4O4/c22-13-6-11(5-12(7-13)21(24)25)17(23)18-16-8-15(19-20-16)14-4-9-1-2-10(14)3-9/h5-10,14,22H,1-4H2,(H2,18,19,20,23). The molecule has 1 heterocycles. The summed E-state index contributed by atoms with van der Waals surface area (Å²) < 4.78 is 0. The van der Waals surface area contributed by atoms with Gasteiger partial charge in [0.2, 0.25) is 0 Å². The van der Waals surface area contributed by atoms with Crippen molar-refractivity contribution < 1.29 is 14.8 Å². The van der Waals surface area contributed by atoms with Crippen LogP contribution in [0, 0.1) is 22.0 Å². The number of phenols is 1. The van der Waals surface area contributed by atoms with Crippen LogP contribution in [0.25, 0.3) is 0 Å². The van der Waals surface area contributed by atoms with Gasteiger partial charge in [-0.15, -0.1) is 0 Å². The van der Waals surface area contributed by atoms with E-state index in [0.29, 0.717) is 17.7 Å². The number of H-pyrrole nitrogens is 1. The lowest BCUT2D eigenvalue weighted by molar-refractivity contribution is -0.385. The number of phenolic OH excluding ortho intramolecular Hbond substituents is 1. The topological polar surface area (TPSA) is 121 Å². The van der Waals surface area contributed by atoms with Gasteiger partial charge in [0.15, 0.2) is 5.82 Å². The van der Waals surface area contributed by atoms with E-state index < -0.39 is 10.8 Å². The molecule has 8 heteroatoms. The van der Waals surface area contributed by atoms with Gasteiger partial charge in [0.05, 0.1) is 16.6 Å². The summed E-state index contributed by atoms with van der Waals surface area (Å²) in [6.07, 6.45) is 5.01. The van der Waals surface area contributed by atoms with Crippen molar-refractivity contribution in [2.24, 2.45) is 11.8 Å². The molecule has 8 nitrogen and oxygen atoms in total. The minimum Gasteiger partial charge on any atom is -0.508 e. The Balaban J connectivity index is 1.49. The maximum Gasteiger partial charge on any atom is 0.273 e. The third-order valence-corrected chi connectivity index (χ3v) is 5.35. The highest BCUT2D eigenvalue weighted by atomic mass is 16.6. The van der Waals surface area contributed by atoms with E-state index in [1.165, 1.54) is 31.7 Å². The molecule has 0 aliphatic heterocycles. The second-order valence-electron chi connectivity index (χ2n) is 6.94. The van der Waals surface area contributed by atoms with Crippen LogP contribution in [0.15, 0.2) is 24.3 Å². The summed E-state index contributed by atoms with van der Waals surface area (Å²) >= 11 is 0. The van der Waals surface area contributed by atoms with Gasteiger partial charge in [-0.25, -0.2) is 0 Å². The van der Waals surface area contributed by atoms with Gasteiger partial charge in [-0.05, 0) is 37.2 Å². The summed E-state index contributed by atoms with van der Waals surface area (Å²) in [5, 5.41) is 30.2. The van der Waals surface area contributed by atoms with Crippen molar-refractivity contribution >= 4 is 17.4 Å². The highest BCUT2D eigenvalue weighted by molar-refractivity contribution is 6.04. The number of benzene rings is 1. The van der Waals surface area contributed by atoms with E-state index in [4.69, 9.17) is 0 Å². The van der Waals surface area contributed by atoms with Gasteiger partial charge in [-0.2, -0.15) is 5.10 Å². The van der Waals surface area contributed by atoms with Gasteiger partial charge in [0, 0.05) is 23.7 Å². The number of nitro groups is 1. The monoisotopic (exact) mass is 342 g/mol. The summed E-state index contributed by atoms with van der Waals surface area (Å²) in [7, 11) is 0. The Bertz CT molecular complexity index is 847. The van der Waals surface area contributed by atoms with Crippen LogP contribution in [0.3, 0.4) is 0 Å². The minimum atomic E-state index is -0.654. The SMILES string of the molecule is O=C(Nc1cc(C2CC3CCC2C3)[nH]n1)c1cc(O)cc([N+](=O)[O-])c1. The Hall–Kier alpha value is -2.90. The molecule has 4 rings (SSSR count). The van der Waals surface area contributed by atoms with Crippen molar-refractivity contribution in [2.45, 2.75) is 31.6 Å². The number of aromatic amines is 1. The maximum absolute atomic E-state index is 12.3. The van der Waals surface area contributed by atoms with Crippen molar-refractivity contribution in [1.82, 2.24) is 10.2 Å². The first-order valence-corrected chi connectivity index (χ1v) is 8.34. The normalized spacial score (nSPS) is 24.4. The first kappa shape index (κ1) is 15.6. The minimum absolute atomic E-state index is 0.0103. The largest absolute Gasteiger partial charge is 0.508 e. The summed E-state index contributed by atoms with van der Waals surface area (Å²) in [6, 6.07) is 5.14. The Labute approximate surface area is 143 Å². The number of carbonyl (C=O) groups excluding carboxylic acids is 1. The van der Waals surface area contributed by atoms with Crippen LogP contribution in [0.4, 0.5) is 11.5 Å². The van der Waals surface area contributed by atoms with Crippen molar-refractivity contribution in [1.29, 1.82) is 0 Å². The molecule has 0 radical (unpaired) electrons. The smallest absolute Gasteiger partial charge is 0.273 e. The molecule has 1 amide bonds. The molecular weight excluding hydrogens is 324 g/mol. The van der Waals surface area contributed by atoms with Crippen LogP contribution in [0.1, 0.15) is 47.7 Å². The van der Waals surface area contributed by atoms with E-state index >= 15 is 0 Å². The molecule has 2 aliphatic rings. The summed E-state index contributed by atoms with van der Waals surface area (Å²) in [6.45, 7) is 0. The molecule has 25 heavy (non-hydrogen) atoms. The van der Waals surface area contributed by atoms with Gasteiger partial charge in [-0.1, -0.05) is 6.42 Å². The third kappa shape index (κ3) is 2.95. The van der Waals surface area contributed by atoms with E-state index in [1.54, 1.807) is 0 Å². The zero-order valence-electron chi connectivity index (χ0n) is 13.4. The number of nitro benzene ring substituents is 1. The van der Waals surface area contributed by atoms with E-state index in [0.717, 1.165) is 23.7 Å². The van der Waals surface area contributed by atoms with Crippen molar-refractivity contribution in [3.63, 3.8) is 0 Å². The molecular formula is C17H18N4O4. The molecule has 130 valence electrons. The van der Waals surface area contributed by atoms with Gasteiger partial charge < -0.3 is 10.4 Å². The molecule has 2 bridgehead atoms.